The Morgan fingerprint density at radius 2 is 1.59 bits per heavy atom. The summed E-state index contributed by atoms with van der Waals surface area (Å²) in [5.74, 6) is -0.276. The molecule has 0 N–H and O–H groups in total. The number of carbonyl (C=O) groups excluding carboxylic acids is 2. The van der Waals surface area contributed by atoms with Gasteiger partial charge >= 0.3 is 0 Å². The number of anilines is 1. The zero-order valence-electron chi connectivity index (χ0n) is 22.5. The fourth-order valence-electron chi connectivity index (χ4n) is 5.61. The first-order chi connectivity index (χ1) is 18.9. The zero-order chi connectivity index (χ0) is 27.7. The number of ether oxygens (including phenoxy) is 2. The Morgan fingerprint density at radius 3 is 2.21 bits per heavy atom. The van der Waals surface area contributed by atoms with Gasteiger partial charge in [0.1, 0.15) is 5.82 Å². The normalized spacial score (nSPS) is 19.1. The van der Waals surface area contributed by atoms with Crippen molar-refractivity contribution in [3.05, 3.63) is 83.2 Å². The van der Waals surface area contributed by atoms with E-state index in [1.807, 2.05) is 46.4 Å². The summed E-state index contributed by atoms with van der Waals surface area (Å²) < 4.78 is 25.4. The lowest BCUT2D eigenvalue weighted by Crippen LogP contribution is -2.53. The molecule has 2 aliphatic heterocycles. The molecule has 1 fully saturated rings. The van der Waals surface area contributed by atoms with Gasteiger partial charge < -0.3 is 24.2 Å². The predicted octanol–water partition coefficient (Wildman–Crippen LogP) is 4.82. The van der Waals surface area contributed by atoms with Crippen molar-refractivity contribution >= 4 is 29.3 Å². The van der Waals surface area contributed by atoms with Crippen molar-refractivity contribution in [1.29, 1.82) is 0 Å². The fraction of sp³-hybridized carbons (Fsp3) is 0.333. The van der Waals surface area contributed by atoms with Crippen LogP contribution in [0.15, 0.2) is 65.6 Å². The summed E-state index contributed by atoms with van der Waals surface area (Å²) in [4.78, 5) is 34.5. The van der Waals surface area contributed by atoms with Crippen LogP contribution in [-0.4, -0.2) is 75.3 Å². The first-order valence-corrected chi connectivity index (χ1v) is 14.1. The van der Waals surface area contributed by atoms with Crippen molar-refractivity contribution in [1.82, 2.24) is 9.80 Å². The summed E-state index contributed by atoms with van der Waals surface area (Å²) >= 11 is 1.63. The van der Waals surface area contributed by atoms with Crippen molar-refractivity contribution in [2.75, 3.05) is 58.6 Å². The van der Waals surface area contributed by atoms with Crippen LogP contribution < -0.4 is 14.4 Å². The van der Waals surface area contributed by atoms with E-state index >= 15 is 0 Å². The van der Waals surface area contributed by atoms with Gasteiger partial charge in [0.25, 0.3) is 5.91 Å². The van der Waals surface area contributed by atoms with E-state index in [0.717, 1.165) is 10.5 Å². The first kappa shape index (κ1) is 26.9. The van der Waals surface area contributed by atoms with Crippen LogP contribution in [0.25, 0.3) is 0 Å². The van der Waals surface area contributed by atoms with Gasteiger partial charge in [-0.2, -0.15) is 0 Å². The minimum absolute atomic E-state index is 0.0741. The number of likely N-dealkylation sites (N-methyl/N-ethyl adjacent to an activating group) is 1. The number of hydrogen-bond donors (Lipinski definition) is 0. The van der Waals surface area contributed by atoms with E-state index in [9.17, 15) is 14.0 Å². The minimum atomic E-state index is -0.650. The van der Waals surface area contributed by atoms with Gasteiger partial charge in [-0.25, -0.2) is 4.39 Å². The molecule has 7 nitrogen and oxygen atoms in total. The Balaban J connectivity index is 1.53. The number of fused-ring (bicyclic) bond motifs is 1. The molecule has 0 saturated carbocycles. The van der Waals surface area contributed by atoms with E-state index in [-0.39, 0.29) is 17.6 Å². The smallest absolute Gasteiger partial charge is 0.254 e. The van der Waals surface area contributed by atoms with E-state index in [0.29, 0.717) is 54.5 Å². The summed E-state index contributed by atoms with van der Waals surface area (Å²) in [7, 11) is 4.80. The van der Waals surface area contributed by atoms with Crippen LogP contribution in [0.1, 0.15) is 33.4 Å². The van der Waals surface area contributed by atoms with Crippen molar-refractivity contribution in [3.63, 3.8) is 0 Å². The maximum absolute atomic E-state index is 14.4. The SMILES string of the molecule is COc1cc2c(cc1OC)[C@@H](C(=O)N1CCN(c3ccccc3F)CC1)[C@@H](c1ccc(SC)cc1)N(C)C2=O. The third-order valence-electron chi connectivity index (χ3n) is 7.68. The lowest BCUT2D eigenvalue weighted by molar-refractivity contribution is -0.134. The second-order valence-electron chi connectivity index (χ2n) is 9.67. The average molecular weight is 550 g/mol. The predicted molar refractivity (Wildman–Crippen MR) is 151 cm³/mol. The second-order valence-corrected chi connectivity index (χ2v) is 10.5. The molecular formula is C30H32FN3O4S. The van der Waals surface area contributed by atoms with Gasteiger partial charge in [-0.3, -0.25) is 9.59 Å². The number of benzene rings is 3. The number of halogens is 1. The monoisotopic (exact) mass is 549 g/mol. The number of rotatable bonds is 6. The van der Waals surface area contributed by atoms with Crippen LogP contribution in [0.4, 0.5) is 10.1 Å². The lowest BCUT2D eigenvalue weighted by Gasteiger charge is -2.43. The highest BCUT2D eigenvalue weighted by molar-refractivity contribution is 7.98. The molecule has 39 heavy (non-hydrogen) atoms. The number of nitrogens with zero attached hydrogens (tertiary/aromatic N) is 3. The Kier molecular flexibility index (Phi) is 7.70. The Morgan fingerprint density at radius 1 is 0.949 bits per heavy atom. The van der Waals surface area contributed by atoms with Gasteiger partial charge in [-0.1, -0.05) is 24.3 Å². The first-order valence-electron chi connectivity index (χ1n) is 12.8. The standard InChI is InChI=1S/C30H32FN3O4S/c1-32-28(19-9-11-20(39-4)12-10-19)27(21-17-25(37-2)26(38-3)18-22(21)29(32)35)30(36)34-15-13-33(14-16-34)24-8-6-5-7-23(24)31/h5-12,17-18,27-28H,13-16H2,1-4H3/t27-,28-/m1/s1. The fourth-order valence-corrected chi connectivity index (χ4v) is 6.01. The van der Waals surface area contributed by atoms with Crippen LogP contribution >= 0.6 is 11.8 Å². The molecule has 0 radical (unpaired) electrons. The zero-order valence-corrected chi connectivity index (χ0v) is 23.3. The van der Waals surface area contributed by atoms with E-state index in [1.54, 1.807) is 55.1 Å². The maximum Gasteiger partial charge on any atom is 0.254 e. The van der Waals surface area contributed by atoms with Gasteiger partial charge in [0.15, 0.2) is 11.5 Å². The number of hydrogen-bond acceptors (Lipinski definition) is 6. The van der Waals surface area contributed by atoms with Crippen LogP contribution in [0, 0.1) is 5.82 Å². The lowest BCUT2D eigenvalue weighted by atomic mass is 9.78. The van der Waals surface area contributed by atoms with Crippen LogP contribution in [-0.2, 0) is 4.79 Å². The molecule has 3 aromatic rings. The molecule has 5 rings (SSSR count). The number of para-hydroxylation sites is 1. The van der Waals surface area contributed by atoms with Crippen LogP contribution in [0.2, 0.25) is 0 Å². The molecule has 0 spiro atoms. The molecule has 0 unspecified atom stereocenters. The minimum Gasteiger partial charge on any atom is -0.493 e. The molecule has 2 heterocycles. The van der Waals surface area contributed by atoms with Gasteiger partial charge in [-0.05, 0) is 53.8 Å². The molecule has 1 saturated heterocycles. The van der Waals surface area contributed by atoms with Crippen molar-refractivity contribution in [2.45, 2.75) is 16.9 Å². The van der Waals surface area contributed by atoms with Crippen molar-refractivity contribution < 1.29 is 23.5 Å². The average Bonchev–Trinajstić information content (AvgIpc) is 2.98. The van der Waals surface area contributed by atoms with E-state index < -0.39 is 12.0 Å². The molecule has 0 aliphatic carbocycles. The van der Waals surface area contributed by atoms with E-state index in [4.69, 9.17) is 9.47 Å². The molecule has 204 valence electrons. The molecular weight excluding hydrogens is 517 g/mol. The molecule has 9 heteroatoms. The molecule has 0 bridgehead atoms. The quantitative estimate of drug-likeness (QED) is 0.411. The van der Waals surface area contributed by atoms with Crippen molar-refractivity contribution in [2.24, 2.45) is 0 Å². The van der Waals surface area contributed by atoms with Crippen LogP contribution in [0.5, 0.6) is 11.5 Å². The number of carbonyl (C=O) groups is 2. The summed E-state index contributed by atoms with van der Waals surface area (Å²) in [6, 6.07) is 17.6. The van der Waals surface area contributed by atoms with Gasteiger partial charge in [0.2, 0.25) is 5.91 Å². The summed E-state index contributed by atoms with van der Waals surface area (Å²) in [6.07, 6.45) is 2.01. The largest absolute Gasteiger partial charge is 0.493 e. The highest BCUT2D eigenvalue weighted by Crippen LogP contribution is 2.46. The highest BCUT2D eigenvalue weighted by atomic mass is 32.2. The third kappa shape index (κ3) is 4.91. The molecule has 3 aromatic carbocycles. The molecule has 0 aromatic heterocycles. The Hall–Kier alpha value is -3.72. The second kappa shape index (κ2) is 11.2. The van der Waals surface area contributed by atoms with Crippen LogP contribution in [0.3, 0.4) is 0 Å². The summed E-state index contributed by atoms with van der Waals surface area (Å²) in [6.45, 7) is 1.92. The number of amides is 2. The maximum atomic E-state index is 14.4. The topological polar surface area (TPSA) is 62.3 Å². The third-order valence-corrected chi connectivity index (χ3v) is 8.43. The summed E-state index contributed by atoms with van der Waals surface area (Å²) in [5.41, 5.74) is 2.47. The van der Waals surface area contributed by atoms with Gasteiger partial charge in [-0.15, -0.1) is 11.8 Å². The van der Waals surface area contributed by atoms with E-state index in [2.05, 4.69) is 0 Å². The number of methoxy groups -OCH3 is 2. The number of piperazine rings is 1. The summed E-state index contributed by atoms with van der Waals surface area (Å²) in [5, 5.41) is 0. The Labute approximate surface area is 232 Å². The van der Waals surface area contributed by atoms with Gasteiger partial charge in [0.05, 0.1) is 31.9 Å². The molecule has 2 amide bonds. The van der Waals surface area contributed by atoms with E-state index in [1.165, 1.54) is 13.2 Å². The number of thioether (sulfide) groups is 1. The molecule has 2 aliphatic rings. The highest BCUT2D eigenvalue weighted by Gasteiger charge is 2.45. The molecule has 2 atom stereocenters. The van der Waals surface area contributed by atoms with Gasteiger partial charge in [0, 0.05) is 43.7 Å². The Bertz CT molecular complexity index is 1380. The van der Waals surface area contributed by atoms with Crippen molar-refractivity contribution in [3.8, 4) is 11.5 Å².